The second kappa shape index (κ2) is 12.9. The standard InChI is InChI=1S/C32H30F9NO5S/c1-28(2,3)47-27(43)42-22-15-16-29(17-22,48(44,45)23-13-11-21(33)12-14-23)19-7-9-20(10-8-19)30(31(36,37)38,32(39,40)41)46-18-24-25(34)5-4-6-26(24)35/h4-14,22H,15-18H2,1-3H3,(H,42,43). The molecule has 0 aliphatic heterocycles. The number of alkyl carbamates (subject to hydrolysis) is 1. The average Bonchev–Trinajstić information content (AvgIpc) is 3.38. The van der Waals surface area contributed by atoms with Gasteiger partial charge in [0.1, 0.15) is 27.8 Å². The molecule has 3 aromatic rings. The molecule has 1 saturated carbocycles. The van der Waals surface area contributed by atoms with Crippen molar-refractivity contribution in [2.75, 3.05) is 0 Å². The van der Waals surface area contributed by atoms with Crippen LogP contribution < -0.4 is 5.32 Å². The van der Waals surface area contributed by atoms with Crippen molar-refractivity contribution < 1.29 is 62.2 Å². The van der Waals surface area contributed by atoms with E-state index in [0.717, 1.165) is 42.5 Å². The van der Waals surface area contributed by atoms with E-state index in [1.165, 1.54) is 0 Å². The van der Waals surface area contributed by atoms with Crippen LogP contribution in [-0.4, -0.2) is 38.5 Å². The molecule has 262 valence electrons. The summed E-state index contributed by atoms with van der Waals surface area (Å²) in [6.07, 6.45) is -13.9. The maximum atomic E-state index is 14.5. The summed E-state index contributed by atoms with van der Waals surface area (Å²) in [6.45, 7) is 3.00. The third kappa shape index (κ3) is 7.00. The molecular weight excluding hydrogens is 681 g/mol. The summed E-state index contributed by atoms with van der Waals surface area (Å²) in [5, 5.41) is 2.55. The number of hydrogen-bond acceptors (Lipinski definition) is 5. The molecule has 0 bridgehead atoms. The Balaban J connectivity index is 1.82. The quantitative estimate of drug-likeness (QED) is 0.188. The molecule has 48 heavy (non-hydrogen) atoms. The van der Waals surface area contributed by atoms with Crippen LogP contribution in [-0.2, 0) is 36.3 Å². The van der Waals surface area contributed by atoms with Gasteiger partial charge in [0, 0.05) is 17.2 Å². The van der Waals surface area contributed by atoms with Crippen LogP contribution in [0.4, 0.5) is 44.3 Å². The van der Waals surface area contributed by atoms with E-state index in [1.54, 1.807) is 20.8 Å². The van der Waals surface area contributed by atoms with Crippen LogP contribution in [0.3, 0.4) is 0 Å². The lowest BCUT2D eigenvalue weighted by Gasteiger charge is -2.38. The molecule has 3 aromatic carbocycles. The molecular formula is C32H30F9NO5S. The van der Waals surface area contributed by atoms with E-state index in [0.29, 0.717) is 24.3 Å². The summed E-state index contributed by atoms with van der Waals surface area (Å²) >= 11 is 0. The molecule has 0 spiro atoms. The largest absolute Gasteiger partial charge is 0.444 e. The van der Waals surface area contributed by atoms with Crippen LogP contribution in [0.25, 0.3) is 0 Å². The first kappa shape index (κ1) is 37.0. The lowest BCUT2D eigenvalue weighted by atomic mass is 9.88. The maximum Gasteiger partial charge on any atom is 0.430 e. The van der Waals surface area contributed by atoms with Gasteiger partial charge in [-0.05, 0) is 82.0 Å². The van der Waals surface area contributed by atoms with E-state index in [-0.39, 0.29) is 29.7 Å². The number of alkyl halides is 6. The minimum absolute atomic E-state index is 0.00771. The molecule has 16 heteroatoms. The van der Waals surface area contributed by atoms with Crippen LogP contribution in [0.15, 0.2) is 71.6 Å². The second-order valence-corrected chi connectivity index (χ2v) is 14.5. The summed E-state index contributed by atoms with van der Waals surface area (Å²) in [4.78, 5) is 12.1. The molecule has 0 radical (unpaired) electrons. The van der Waals surface area contributed by atoms with Crippen LogP contribution in [0.5, 0.6) is 0 Å². The normalized spacial score (nSPS) is 19.3. The van der Waals surface area contributed by atoms with Gasteiger partial charge in [-0.3, -0.25) is 0 Å². The zero-order valence-corrected chi connectivity index (χ0v) is 26.4. The molecule has 2 unspecified atom stereocenters. The van der Waals surface area contributed by atoms with Crippen LogP contribution in [0.2, 0.25) is 0 Å². The number of carbonyl (C=O) groups excluding carboxylic acids is 1. The second-order valence-electron chi connectivity index (χ2n) is 12.3. The number of benzene rings is 3. The Morgan fingerprint density at radius 1 is 0.854 bits per heavy atom. The lowest BCUT2D eigenvalue weighted by molar-refractivity contribution is -0.392. The highest BCUT2D eigenvalue weighted by atomic mass is 32.2. The van der Waals surface area contributed by atoms with Gasteiger partial charge in [0.05, 0.1) is 11.5 Å². The number of sulfone groups is 1. The molecule has 0 aromatic heterocycles. The zero-order chi connectivity index (χ0) is 35.9. The Morgan fingerprint density at radius 2 is 1.40 bits per heavy atom. The Hall–Kier alpha value is -3.79. The van der Waals surface area contributed by atoms with Crippen LogP contribution in [0.1, 0.15) is 56.7 Å². The summed E-state index contributed by atoms with van der Waals surface area (Å²) in [5.41, 5.74) is -8.96. The summed E-state index contributed by atoms with van der Waals surface area (Å²) in [7, 11) is -4.55. The van der Waals surface area contributed by atoms with Gasteiger partial charge in [0.2, 0.25) is 0 Å². The SMILES string of the molecule is CC(C)(C)OC(=O)NC1CCC(c2ccc(C(OCc3c(F)cccc3F)(C(F)(F)F)C(F)(F)F)cc2)(S(=O)(=O)c2ccc(F)cc2)C1. The highest BCUT2D eigenvalue weighted by Crippen LogP contribution is 2.55. The van der Waals surface area contributed by atoms with Gasteiger partial charge in [-0.15, -0.1) is 0 Å². The number of rotatable bonds is 8. The average molecular weight is 712 g/mol. The smallest absolute Gasteiger partial charge is 0.430 e. The molecule has 2 atom stereocenters. The molecule has 6 nitrogen and oxygen atoms in total. The van der Waals surface area contributed by atoms with E-state index in [1.807, 2.05) is 0 Å². The molecule has 1 N–H and O–H groups in total. The number of ether oxygens (including phenoxy) is 2. The van der Waals surface area contributed by atoms with E-state index < -0.39 is 85.5 Å². The van der Waals surface area contributed by atoms with E-state index >= 15 is 0 Å². The van der Waals surface area contributed by atoms with E-state index in [2.05, 4.69) is 10.1 Å². The number of hydrogen-bond donors (Lipinski definition) is 1. The zero-order valence-electron chi connectivity index (χ0n) is 25.6. The predicted molar refractivity (Wildman–Crippen MR) is 154 cm³/mol. The van der Waals surface area contributed by atoms with E-state index in [9.17, 15) is 52.7 Å². The van der Waals surface area contributed by atoms with Gasteiger partial charge >= 0.3 is 18.4 Å². The van der Waals surface area contributed by atoms with Crippen molar-refractivity contribution in [3.8, 4) is 0 Å². The first-order valence-corrected chi connectivity index (χ1v) is 15.8. The van der Waals surface area contributed by atoms with Crippen LogP contribution >= 0.6 is 0 Å². The highest BCUT2D eigenvalue weighted by molar-refractivity contribution is 7.92. The Labute approximate surface area is 270 Å². The summed E-state index contributed by atoms with van der Waals surface area (Å²) in [6, 6.07) is 7.19. The highest BCUT2D eigenvalue weighted by Gasteiger charge is 2.73. The van der Waals surface area contributed by atoms with Crippen molar-refractivity contribution >= 4 is 15.9 Å². The third-order valence-electron chi connectivity index (χ3n) is 7.94. The van der Waals surface area contributed by atoms with Crippen molar-refractivity contribution in [3.63, 3.8) is 0 Å². The van der Waals surface area contributed by atoms with Crippen molar-refractivity contribution in [2.45, 2.75) is 85.9 Å². The van der Waals surface area contributed by atoms with Gasteiger partial charge in [0.15, 0.2) is 9.84 Å². The topological polar surface area (TPSA) is 81.7 Å². The fourth-order valence-electron chi connectivity index (χ4n) is 5.70. The van der Waals surface area contributed by atoms with Gasteiger partial charge in [-0.1, -0.05) is 30.3 Å². The van der Waals surface area contributed by atoms with Gasteiger partial charge in [0.25, 0.3) is 5.60 Å². The van der Waals surface area contributed by atoms with Gasteiger partial charge in [-0.2, -0.15) is 26.3 Å². The number of halogens is 9. The fraction of sp³-hybridized carbons (Fsp3) is 0.406. The molecule has 1 fully saturated rings. The lowest BCUT2D eigenvalue weighted by Crippen LogP contribution is -2.56. The molecule has 4 rings (SSSR count). The Morgan fingerprint density at radius 3 is 1.90 bits per heavy atom. The van der Waals surface area contributed by atoms with Gasteiger partial charge < -0.3 is 14.8 Å². The first-order chi connectivity index (χ1) is 22.0. The Bertz CT molecular complexity index is 1700. The number of nitrogens with one attached hydrogen (secondary N) is 1. The van der Waals surface area contributed by atoms with Crippen LogP contribution in [0, 0.1) is 17.5 Å². The number of amides is 1. The molecule has 0 saturated heterocycles. The summed E-state index contributed by atoms with van der Waals surface area (Å²) < 4.78 is 165. The molecule has 0 heterocycles. The fourth-order valence-corrected chi connectivity index (χ4v) is 7.90. The number of carbonyl (C=O) groups is 1. The van der Waals surface area contributed by atoms with Crippen molar-refractivity contribution in [1.29, 1.82) is 0 Å². The van der Waals surface area contributed by atoms with Gasteiger partial charge in [-0.25, -0.2) is 26.4 Å². The Kier molecular flexibility index (Phi) is 9.96. The minimum atomic E-state index is -6.22. The maximum absolute atomic E-state index is 14.5. The summed E-state index contributed by atoms with van der Waals surface area (Å²) in [5.74, 6) is -3.64. The first-order valence-electron chi connectivity index (χ1n) is 14.4. The molecule has 1 aliphatic carbocycles. The minimum Gasteiger partial charge on any atom is -0.444 e. The molecule has 1 amide bonds. The third-order valence-corrected chi connectivity index (χ3v) is 10.5. The molecule has 1 aliphatic rings. The van der Waals surface area contributed by atoms with E-state index in [4.69, 9.17) is 4.74 Å². The van der Waals surface area contributed by atoms with Crippen molar-refractivity contribution in [1.82, 2.24) is 5.32 Å². The van der Waals surface area contributed by atoms with Crippen molar-refractivity contribution in [2.24, 2.45) is 0 Å². The monoisotopic (exact) mass is 711 g/mol. The predicted octanol–water partition coefficient (Wildman–Crippen LogP) is 8.39. The van der Waals surface area contributed by atoms with Crippen molar-refractivity contribution in [3.05, 3.63) is 101 Å².